The molecular formula is C34H37N3O7S2. The van der Waals surface area contributed by atoms with Gasteiger partial charge >= 0.3 is 0 Å². The average molecular weight is 664 g/mol. The fraction of sp³-hybridized carbons (Fsp3) is 0.265. The molecule has 0 radical (unpaired) electrons. The number of nitrogens with zero attached hydrogens (tertiary/aromatic N) is 1. The number of nitrogens with one attached hydrogen (secondary N) is 2. The van der Waals surface area contributed by atoms with Crippen molar-refractivity contribution in [2.45, 2.75) is 48.8 Å². The van der Waals surface area contributed by atoms with Gasteiger partial charge in [-0.1, -0.05) is 56.3 Å². The van der Waals surface area contributed by atoms with Gasteiger partial charge in [-0.25, -0.2) is 16.8 Å². The molecule has 12 heteroatoms. The van der Waals surface area contributed by atoms with Gasteiger partial charge in [-0.3, -0.25) is 9.52 Å². The van der Waals surface area contributed by atoms with Gasteiger partial charge in [-0.2, -0.15) is 4.31 Å². The predicted molar refractivity (Wildman–Crippen MR) is 177 cm³/mol. The van der Waals surface area contributed by atoms with Crippen molar-refractivity contribution < 1.29 is 31.8 Å². The first-order chi connectivity index (χ1) is 21.8. The fourth-order valence-corrected chi connectivity index (χ4v) is 8.02. The summed E-state index contributed by atoms with van der Waals surface area (Å²) < 4.78 is 56.8. The SMILES string of the molecule is CC(C)c1cccc(NS(=O)(=O)c2ccc(NC(=O)c3cc(S(=O)(=O)N4CCC(Cc5ccccc5)CC4)cc(O)c3O)cc2)c1. The lowest BCUT2D eigenvalue weighted by molar-refractivity contribution is 0.102. The summed E-state index contributed by atoms with van der Waals surface area (Å²) in [7, 11) is -8.00. The summed E-state index contributed by atoms with van der Waals surface area (Å²) in [5.74, 6) is -1.86. The molecule has 1 amide bonds. The van der Waals surface area contributed by atoms with Gasteiger partial charge in [0.05, 0.1) is 15.4 Å². The van der Waals surface area contributed by atoms with Gasteiger partial charge < -0.3 is 15.5 Å². The first kappa shape index (κ1) is 33.0. The summed E-state index contributed by atoms with van der Waals surface area (Å²) in [5, 5.41) is 23.4. The number of phenols is 2. The normalized spacial score (nSPS) is 14.7. The van der Waals surface area contributed by atoms with Crippen molar-refractivity contribution in [1.29, 1.82) is 0 Å². The van der Waals surface area contributed by atoms with E-state index in [1.807, 2.05) is 38.1 Å². The maximum absolute atomic E-state index is 13.5. The quantitative estimate of drug-likeness (QED) is 0.154. The molecule has 1 fully saturated rings. The zero-order valence-corrected chi connectivity index (χ0v) is 27.2. The van der Waals surface area contributed by atoms with E-state index < -0.39 is 43.0 Å². The number of rotatable bonds is 10. The molecule has 10 nitrogen and oxygen atoms in total. The second-order valence-electron chi connectivity index (χ2n) is 11.7. The van der Waals surface area contributed by atoms with E-state index in [0.29, 0.717) is 24.4 Å². The Morgan fingerprint density at radius 1 is 0.826 bits per heavy atom. The van der Waals surface area contributed by atoms with E-state index in [0.717, 1.165) is 24.1 Å². The molecule has 4 N–H and O–H groups in total. The van der Waals surface area contributed by atoms with Gasteiger partial charge in [0, 0.05) is 30.5 Å². The van der Waals surface area contributed by atoms with Gasteiger partial charge in [0.1, 0.15) is 0 Å². The third-order valence-electron chi connectivity index (χ3n) is 8.11. The highest BCUT2D eigenvalue weighted by molar-refractivity contribution is 7.92. The Labute approximate surface area is 269 Å². The van der Waals surface area contributed by atoms with E-state index in [1.54, 1.807) is 18.2 Å². The summed E-state index contributed by atoms with van der Waals surface area (Å²) in [6.45, 7) is 4.59. The Bertz CT molecular complexity index is 1920. The molecule has 1 aliphatic rings. The zero-order valence-electron chi connectivity index (χ0n) is 25.5. The molecule has 0 atom stereocenters. The van der Waals surface area contributed by atoms with Crippen molar-refractivity contribution in [2.75, 3.05) is 23.1 Å². The minimum absolute atomic E-state index is 0.0402. The number of hydrogen-bond donors (Lipinski definition) is 4. The third-order valence-corrected chi connectivity index (χ3v) is 11.4. The highest BCUT2D eigenvalue weighted by Crippen LogP contribution is 2.35. The van der Waals surface area contributed by atoms with E-state index in [2.05, 4.69) is 22.2 Å². The van der Waals surface area contributed by atoms with E-state index in [1.165, 1.54) is 34.1 Å². The molecule has 1 aliphatic heterocycles. The van der Waals surface area contributed by atoms with E-state index in [4.69, 9.17) is 0 Å². The summed E-state index contributed by atoms with van der Waals surface area (Å²) >= 11 is 0. The largest absolute Gasteiger partial charge is 0.504 e. The molecular weight excluding hydrogens is 627 g/mol. The van der Waals surface area contributed by atoms with Gasteiger partial charge in [-0.05, 0) is 84.7 Å². The van der Waals surface area contributed by atoms with Crippen LogP contribution in [0.2, 0.25) is 0 Å². The molecule has 0 aliphatic carbocycles. The molecule has 5 rings (SSSR count). The molecule has 0 saturated carbocycles. The van der Waals surface area contributed by atoms with Crippen molar-refractivity contribution in [3.05, 3.63) is 108 Å². The summed E-state index contributed by atoms with van der Waals surface area (Å²) in [6.07, 6.45) is 2.18. The number of carbonyl (C=O) groups excluding carboxylic acids is 1. The molecule has 0 bridgehead atoms. The van der Waals surface area contributed by atoms with Crippen molar-refractivity contribution in [3.63, 3.8) is 0 Å². The molecule has 4 aromatic carbocycles. The molecule has 1 saturated heterocycles. The molecule has 242 valence electrons. The highest BCUT2D eigenvalue weighted by Gasteiger charge is 2.31. The Balaban J connectivity index is 1.27. The Hall–Kier alpha value is -4.39. The molecule has 1 heterocycles. The van der Waals surface area contributed by atoms with Crippen molar-refractivity contribution >= 4 is 37.3 Å². The van der Waals surface area contributed by atoms with Crippen molar-refractivity contribution in [1.82, 2.24) is 4.31 Å². The van der Waals surface area contributed by atoms with Gasteiger partial charge in [0.25, 0.3) is 15.9 Å². The number of phenolic OH excluding ortho intramolecular Hbond substituents is 2. The lowest BCUT2D eigenvalue weighted by Crippen LogP contribution is -2.39. The van der Waals surface area contributed by atoms with E-state index >= 15 is 0 Å². The number of aromatic hydroxyl groups is 2. The smallest absolute Gasteiger partial charge is 0.261 e. The molecule has 0 spiro atoms. The molecule has 0 aromatic heterocycles. The van der Waals surface area contributed by atoms with Crippen LogP contribution >= 0.6 is 0 Å². The molecule has 4 aromatic rings. The third kappa shape index (κ3) is 7.52. The average Bonchev–Trinajstić information content (AvgIpc) is 3.03. The second kappa shape index (κ2) is 13.5. The van der Waals surface area contributed by atoms with Crippen molar-refractivity contribution in [3.8, 4) is 11.5 Å². The number of sulfonamides is 2. The summed E-state index contributed by atoms with van der Waals surface area (Å²) in [4.78, 5) is 12.8. The first-order valence-electron chi connectivity index (χ1n) is 15.0. The molecule has 46 heavy (non-hydrogen) atoms. The Kier molecular flexibility index (Phi) is 9.71. The predicted octanol–water partition coefficient (Wildman–Crippen LogP) is 5.92. The Morgan fingerprint density at radius 3 is 2.15 bits per heavy atom. The topological polar surface area (TPSA) is 153 Å². The van der Waals surface area contributed by atoms with Crippen LogP contribution in [0.5, 0.6) is 11.5 Å². The second-order valence-corrected chi connectivity index (χ2v) is 15.4. The molecule has 0 unspecified atom stereocenters. The highest BCUT2D eigenvalue weighted by atomic mass is 32.2. The maximum atomic E-state index is 13.5. The fourth-order valence-electron chi connectivity index (χ4n) is 5.46. The van der Waals surface area contributed by atoms with Gasteiger partial charge in [-0.15, -0.1) is 0 Å². The number of amides is 1. The van der Waals surface area contributed by atoms with Crippen LogP contribution in [0.3, 0.4) is 0 Å². The van der Waals surface area contributed by atoms with Gasteiger partial charge in [0.15, 0.2) is 11.5 Å². The van der Waals surface area contributed by atoms with E-state index in [9.17, 15) is 31.8 Å². The number of piperidine rings is 1. The van der Waals surface area contributed by atoms with Crippen LogP contribution < -0.4 is 10.0 Å². The number of anilines is 2. The lowest BCUT2D eigenvalue weighted by atomic mass is 9.91. The van der Waals surface area contributed by atoms with Crippen LogP contribution in [0.1, 0.15) is 54.1 Å². The Morgan fingerprint density at radius 2 is 1.50 bits per heavy atom. The van der Waals surface area contributed by atoms with Crippen LogP contribution in [0, 0.1) is 5.92 Å². The minimum atomic E-state index is -4.07. The van der Waals surface area contributed by atoms with E-state index in [-0.39, 0.29) is 34.5 Å². The number of carbonyl (C=O) groups is 1. The van der Waals surface area contributed by atoms with Crippen LogP contribution in [-0.4, -0.2) is 50.4 Å². The maximum Gasteiger partial charge on any atom is 0.261 e. The van der Waals surface area contributed by atoms with Crippen LogP contribution in [0.4, 0.5) is 11.4 Å². The van der Waals surface area contributed by atoms with Crippen molar-refractivity contribution in [2.24, 2.45) is 5.92 Å². The van der Waals surface area contributed by atoms with Crippen LogP contribution in [0.15, 0.2) is 101 Å². The monoisotopic (exact) mass is 663 g/mol. The summed E-state index contributed by atoms with van der Waals surface area (Å²) in [6, 6.07) is 24.4. The van der Waals surface area contributed by atoms with Crippen LogP contribution in [-0.2, 0) is 26.5 Å². The number of hydrogen-bond acceptors (Lipinski definition) is 7. The summed E-state index contributed by atoms with van der Waals surface area (Å²) in [5.41, 5.74) is 2.35. The minimum Gasteiger partial charge on any atom is -0.504 e. The van der Waals surface area contributed by atoms with Crippen LogP contribution in [0.25, 0.3) is 0 Å². The zero-order chi connectivity index (χ0) is 33.1. The first-order valence-corrected chi connectivity index (χ1v) is 17.9. The lowest BCUT2D eigenvalue weighted by Gasteiger charge is -2.31. The number of benzene rings is 4. The van der Waals surface area contributed by atoms with Gasteiger partial charge in [0.2, 0.25) is 10.0 Å². The standard InChI is InChI=1S/C34H37N3O7S2/c1-23(2)26-9-6-10-28(20-26)36-45(41,42)29-13-11-27(12-14-29)35-34(40)31-21-30(22-32(38)33(31)39)46(43,44)37-17-15-25(16-18-37)19-24-7-4-3-5-8-24/h3-14,20-23,25,36,38-39H,15-19H2,1-2H3,(H,35,40).